The van der Waals surface area contributed by atoms with E-state index in [0.29, 0.717) is 7.92 Å². The topological polar surface area (TPSA) is 112 Å². The van der Waals surface area contributed by atoms with Crippen LogP contribution >= 0.6 is 7.92 Å². The zero-order valence-corrected chi connectivity index (χ0v) is 15.8. The van der Waals surface area contributed by atoms with Gasteiger partial charge in [0, 0.05) is 0 Å². The number of carboxylic acids is 2. The third-order valence-corrected chi connectivity index (χ3v) is 5.36. The van der Waals surface area contributed by atoms with E-state index in [2.05, 4.69) is 20.8 Å². The molecule has 0 spiro atoms. The van der Waals surface area contributed by atoms with Crippen LogP contribution in [0.25, 0.3) is 0 Å². The van der Waals surface area contributed by atoms with Gasteiger partial charge in [-0.15, -0.1) is 7.92 Å². The van der Waals surface area contributed by atoms with Crippen molar-refractivity contribution in [3.8, 4) is 0 Å². The monoisotopic (exact) mass is 340 g/mol. The van der Waals surface area contributed by atoms with Gasteiger partial charge in [0.05, 0.1) is 11.9 Å². The van der Waals surface area contributed by atoms with Crippen molar-refractivity contribution in [1.29, 1.82) is 0 Å². The maximum absolute atomic E-state index is 10.3. The van der Waals surface area contributed by atoms with Gasteiger partial charge in [-0.05, 0) is 35.7 Å². The Morgan fingerprint density at radius 2 is 1.29 bits per heavy atom. The van der Waals surface area contributed by atoms with Crippen molar-refractivity contribution in [2.24, 2.45) is 0 Å². The van der Waals surface area contributed by atoms with Crippen molar-refractivity contribution in [3.63, 3.8) is 0 Å². The van der Waals surface area contributed by atoms with Crippen molar-refractivity contribution in [2.75, 3.05) is 18.5 Å². The Hall–Kier alpha value is -0.190. The molecule has 0 aliphatic carbocycles. The summed E-state index contributed by atoms with van der Waals surface area (Å²) in [7, 11) is 0.446. The van der Waals surface area contributed by atoms with E-state index in [9.17, 15) is 19.8 Å². The first-order chi connectivity index (χ1) is 8.96. The third kappa shape index (κ3) is 11.1. The molecule has 0 aliphatic rings. The van der Waals surface area contributed by atoms with Crippen LogP contribution in [-0.4, -0.2) is 73.6 Å². The Balaban J connectivity index is -0.000000317. The SMILES string of the molecule is CCP(CC)CC.O.O=C([O-])c1cccc(C(=O)[O-])c1.[Ca+2]. The van der Waals surface area contributed by atoms with Gasteiger partial charge in [-0.25, -0.2) is 0 Å². The Bertz CT molecular complexity index is 387. The molecule has 2 N–H and O–H groups in total. The van der Waals surface area contributed by atoms with Gasteiger partial charge in [0.1, 0.15) is 0 Å². The van der Waals surface area contributed by atoms with E-state index in [1.54, 1.807) is 0 Å². The fourth-order valence-electron chi connectivity index (χ4n) is 1.44. The maximum Gasteiger partial charge on any atom is 2.00 e. The molecule has 21 heavy (non-hydrogen) atoms. The zero-order valence-electron chi connectivity index (χ0n) is 12.7. The van der Waals surface area contributed by atoms with Crippen LogP contribution in [0.5, 0.6) is 0 Å². The average Bonchev–Trinajstić information content (AvgIpc) is 2.41. The van der Waals surface area contributed by atoms with E-state index < -0.39 is 11.9 Å². The molecule has 0 aromatic heterocycles. The summed E-state index contributed by atoms with van der Waals surface area (Å²) in [5, 5.41) is 20.5. The molecule has 1 rings (SSSR count). The van der Waals surface area contributed by atoms with Crippen LogP contribution in [0.3, 0.4) is 0 Å². The molecule has 0 aliphatic heterocycles. The number of aromatic carboxylic acids is 2. The number of benzene rings is 1. The van der Waals surface area contributed by atoms with Crippen LogP contribution in [0.1, 0.15) is 41.5 Å². The van der Waals surface area contributed by atoms with Crippen LogP contribution < -0.4 is 10.2 Å². The number of rotatable bonds is 5. The quantitative estimate of drug-likeness (QED) is 0.543. The number of hydrogen-bond acceptors (Lipinski definition) is 4. The van der Waals surface area contributed by atoms with Crippen LogP contribution in [-0.2, 0) is 0 Å². The van der Waals surface area contributed by atoms with E-state index in [1.165, 1.54) is 36.7 Å². The first kappa shape index (κ1) is 25.7. The fraction of sp³-hybridized carbons (Fsp3) is 0.429. The Kier molecular flexibility index (Phi) is 18.1. The summed E-state index contributed by atoms with van der Waals surface area (Å²) in [5.74, 6) is -2.81. The van der Waals surface area contributed by atoms with E-state index >= 15 is 0 Å². The van der Waals surface area contributed by atoms with E-state index in [-0.39, 0.29) is 54.3 Å². The summed E-state index contributed by atoms with van der Waals surface area (Å²) in [6.07, 6.45) is 4.26. The molecular weight excluding hydrogens is 319 g/mol. The largest absolute Gasteiger partial charge is 2.00 e. The number of carbonyl (C=O) groups excluding carboxylic acids is 2. The molecular formula is C14H21CaO5P. The summed E-state index contributed by atoms with van der Waals surface area (Å²) >= 11 is 0. The van der Waals surface area contributed by atoms with Crippen molar-refractivity contribution < 1.29 is 25.3 Å². The van der Waals surface area contributed by atoms with Gasteiger partial charge in [-0.3, -0.25) is 0 Å². The molecule has 0 bridgehead atoms. The molecule has 0 fully saturated rings. The minimum absolute atomic E-state index is 0. The summed E-state index contributed by atoms with van der Waals surface area (Å²) in [6.45, 7) is 6.87. The first-order valence-electron chi connectivity index (χ1n) is 6.21. The summed E-state index contributed by atoms with van der Waals surface area (Å²) in [6, 6.07) is 4.81. The molecule has 114 valence electrons. The molecule has 7 heteroatoms. The summed E-state index contributed by atoms with van der Waals surface area (Å²) in [5.41, 5.74) is -0.339. The van der Waals surface area contributed by atoms with E-state index in [1.807, 2.05) is 0 Å². The van der Waals surface area contributed by atoms with Gasteiger partial charge in [0.25, 0.3) is 0 Å². The predicted octanol–water partition coefficient (Wildman–Crippen LogP) is -0.264. The molecule has 0 saturated heterocycles. The second-order valence-corrected chi connectivity index (χ2v) is 7.01. The molecule has 0 heterocycles. The van der Waals surface area contributed by atoms with Gasteiger partial charge >= 0.3 is 37.7 Å². The minimum atomic E-state index is -1.40. The second-order valence-electron chi connectivity index (χ2n) is 3.78. The number of carbonyl (C=O) groups is 2. The Morgan fingerprint density at radius 3 is 1.48 bits per heavy atom. The smallest absolute Gasteiger partial charge is 0.545 e. The van der Waals surface area contributed by atoms with Crippen LogP contribution in [0.15, 0.2) is 24.3 Å². The second kappa shape index (κ2) is 14.7. The van der Waals surface area contributed by atoms with Crippen LogP contribution in [0.4, 0.5) is 0 Å². The van der Waals surface area contributed by atoms with Crippen molar-refractivity contribution in [3.05, 3.63) is 35.4 Å². The summed E-state index contributed by atoms with van der Waals surface area (Å²) in [4.78, 5) is 20.5. The predicted molar refractivity (Wildman–Crippen MR) is 83.0 cm³/mol. The Morgan fingerprint density at radius 1 is 0.952 bits per heavy atom. The standard InChI is InChI=1S/C8H6O4.C6H15P.Ca.H2O/c9-7(10)5-2-1-3-6(4-5)8(11)12;1-4-7(5-2)6-3;;/h1-4H,(H,9,10)(H,11,12);4-6H2,1-3H3;;1H2/q;;+2;/p-2. The molecule has 5 nitrogen and oxygen atoms in total. The normalized spacial score (nSPS) is 8.76. The fourth-order valence-corrected chi connectivity index (χ4v) is 2.79. The molecule has 0 atom stereocenters. The van der Waals surface area contributed by atoms with Gasteiger partial charge < -0.3 is 25.3 Å². The van der Waals surface area contributed by atoms with E-state index in [4.69, 9.17) is 0 Å². The molecule has 1 aromatic rings. The maximum atomic E-state index is 10.3. The van der Waals surface area contributed by atoms with Crippen LogP contribution in [0.2, 0.25) is 0 Å². The van der Waals surface area contributed by atoms with Crippen molar-refractivity contribution >= 4 is 57.6 Å². The molecule has 0 radical (unpaired) electrons. The van der Waals surface area contributed by atoms with Gasteiger partial charge in [-0.2, -0.15) is 0 Å². The van der Waals surface area contributed by atoms with Gasteiger partial charge in [0.2, 0.25) is 0 Å². The Labute approximate surface area is 156 Å². The zero-order chi connectivity index (χ0) is 14.8. The van der Waals surface area contributed by atoms with E-state index in [0.717, 1.165) is 6.07 Å². The summed E-state index contributed by atoms with van der Waals surface area (Å²) < 4.78 is 0. The minimum Gasteiger partial charge on any atom is -0.545 e. The first-order valence-corrected chi connectivity index (χ1v) is 8.11. The van der Waals surface area contributed by atoms with Gasteiger partial charge in [-0.1, -0.05) is 39.0 Å². The van der Waals surface area contributed by atoms with Crippen molar-refractivity contribution in [2.45, 2.75) is 20.8 Å². The molecule has 0 unspecified atom stereocenters. The molecule has 0 saturated carbocycles. The number of hydrogen-bond donors (Lipinski definition) is 0. The third-order valence-electron chi connectivity index (χ3n) is 2.68. The van der Waals surface area contributed by atoms with Crippen molar-refractivity contribution in [1.82, 2.24) is 0 Å². The molecule has 1 aromatic carbocycles. The van der Waals surface area contributed by atoms with Gasteiger partial charge in [0.15, 0.2) is 0 Å². The van der Waals surface area contributed by atoms with Crippen LogP contribution in [0, 0.1) is 0 Å². The number of carboxylic acid groups (broad SMARTS) is 2. The molecule has 0 amide bonds. The average molecular weight is 340 g/mol.